The molecule has 4 N–H and O–H groups in total. The van der Waals surface area contributed by atoms with Crippen LogP contribution >= 0.6 is 0 Å². The summed E-state index contributed by atoms with van der Waals surface area (Å²) in [6.07, 6.45) is 5.75. The second-order valence-corrected chi connectivity index (χ2v) is 17.0. The van der Waals surface area contributed by atoms with E-state index >= 15 is 0 Å². The van der Waals surface area contributed by atoms with Crippen LogP contribution in [0.2, 0.25) is 0 Å². The molecule has 16 nitrogen and oxygen atoms in total. The first-order valence-corrected chi connectivity index (χ1v) is 21.9. The van der Waals surface area contributed by atoms with E-state index in [2.05, 4.69) is 39.0 Å². The summed E-state index contributed by atoms with van der Waals surface area (Å²) < 4.78 is 24.0. The molecule has 4 aliphatic rings. The van der Waals surface area contributed by atoms with E-state index in [0.29, 0.717) is 31.3 Å². The van der Waals surface area contributed by atoms with Crippen molar-refractivity contribution < 1.29 is 38.2 Å². The lowest BCUT2D eigenvalue weighted by atomic mass is 9.83. The topological polar surface area (TPSA) is 185 Å². The Morgan fingerprint density at radius 1 is 0.797 bits per heavy atom. The van der Waals surface area contributed by atoms with Gasteiger partial charge in [0.25, 0.3) is 0 Å². The molecule has 6 heterocycles. The van der Waals surface area contributed by atoms with Crippen LogP contribution in [-0.2, 0) is 19.2 Å². The monoisotopic (exact) mass is 870 g/mol. The smallest absolute Gasteiger partial charge is 0.407 e. The fourth-order valence-corrected chi connectivity index (χ4v) is 9.46. The first-order chi connectivity index (χ1) is 31.1. The summed E-state index contributed by atoms with van der Waals surface area (Å²) >= 11 is 0. The van der Waals surface area contributed by atoms with Crippen LogP contribution in [0.5, 0.6) is 17.2 Å². The molecule has 9 rings (SSSR count). The normalized spacial score (nSPS) is 19.9. The molecule has 2 saturated heterocycles. The number of aromatic amines is 2. The predicted molar refractivity (Wildman–Crippen MR) is 238 cm³/mol. The van der Waals surface area contributed by atoms with Gasteiger partial charge in [-0.2, -0.15) is 5.48 Å². The average molecular weight is 871 g/mol. The Bertz CT molecular complexity index is 2600. The molecule has 2 fully saturated rings. The molecule has 0 bridgehead atoms. The predicted octanol–water partition coefficient (Wildman–Crippen LogP) is 7.16. The number of aromatic nitrogens is 4. The van der Waals surface area contributed by atoms with E-state index in [1.54, 1.807) is 25.1 Å². The van der Waals surface area contributed by atoms with Crippen molar-refractivity contribution in [2.75, 3.05) is 41.0 Å². The molecule has 5 aromatic rings. The van der Waals surface area contributed by atoms with Gasteiger partial charge in [-0.3, -0.25) is 9.59 Å². The van der Waals surface area contributed by atoms with Gasteiger partial charge in [0.1, 0.15) is 47.6 Å². The van der Waals surface area contributed by atoms with Crippen LogP contribution in [0.4, 0.5) is 4.79 Å². The molecule has 0 saturated carbocycles. The van der Waals surface area contributed by atoms with E-state index in [0.717, 1.165) is 93.4 Å². The minimum absolute atomic E-state index is 0.000787. The van der Waals surface area contributed by atoms with Gasteiger partial charge in [0, 0.05) is 52.1 Å². The van der Waals surface area contributed by atoms with Gasteiger partial charge in [0.2, 0.25) is 11.8 Å². The zero-order valence-corrected chi connectivity index (χ0v) is 36.9. The number of hydroxylamine groups is 1. The summed E-state index contributed by atoms with van der Waals surface area (Å²) in [5, 5.41) is 2.58. The fourth-order valence-electron chi connectivity index (χ4n) is 9.46. The van der Waals surface area contributed by atoms with E-state index in [1.807, 2.05) is 67.4 Å². The van der Waals surface area contributed by atoms with Gasteiger partial charge < -0.3 is 48.9 Å². The number of ether oxygens (including phenoxy) is 4. The number of nitrogens with zero attached hydrogens (tertiary/aromatic N) is 4. The first kappa shape index (κ1) is 42.6. The van der Waals surface area contributed by atoms with Crippen LogP contribution in [0.25, 0.3) is 33.7 Å². The summed E-state index contributed by atoms with van der Waals surface area (Å²) in [6, 6.07) is 18.6. The SMILES string of the molecule is CON[C@H](C(=O)N1CCC[C@H]1c1ncc(-c2ccc3c(c2)OCC2=C3C(c3cccc(OC)c3)Oc3cc(-c4cnc([C@@H]5CCCN5C(=O)[C@H](C)NC(=O)OC)[nH]4)ccc32)[nH]1)C(C)C. The third-order valence-electron chi connectivity index (χ3n) is 12.8. The lowest BCUT2D eigenvalue weighted by molar-refractivity contribution is -0.140. The number of hydrogen-bond acceptors (Lipinski definition) is 11. The summed E-state index contributed by atoms with van der Waals surface area (Å²) in [5.41, 5.74) is 11.1. The van der Waals surface area contributed by atoms with Crippen LogP contribution in [0.3, 0.4) is 0 Å². The number of fused-ring (bicyclic) bond motifs is 4. The van der Waals surface area contributed by atoms with Crippen molar-refractivity contribution >= 4 is 29.1 Å². The van der Waals surface area contributed by atoms with Gasteiger partial charge in [-0.15, -0.1) is 0 Å². The zero-order valence-electron chi connectivity index (χ0n) is 36.9. The van der Waals surface area contributed by atoms with Gasteiger partial charge in [-0.05, 0) is 62.8 Å². The van der Waals surface area contributed by atoms with Crippen molar-refractivity contribution in [3.05, 3.63) is 101 Å². The average Bonchev–Trinajstić information content (AvgIpc) is 4.17. The maximum absolute atomic E-state index is 13.6. The number of carbonyl (C=O) groups excluding carboxylic acids is 3. The van der Waals surface area contributed by atoms with Crippen LogP contribution in [-0.4, -0.2) is 101 Å². The van der Waals surface area contributed by atoms with Crippen molar-refractivity contribution in [3.8, 4) is 39.8 Å². The lowest BCUT2D eigenvalue weighted by Gasteiger charge is -2.35. The number of rotatable bonds is 12. The highest BCUT2D eigenvalue weighted by atomic mass is 16.6. The standard InChI is InChI=1S/C48H54N8O8/c1-26(2)42(54-62-6)47(58)56-19-9-13-38(56)45-50-23-35(52-45)28-15-17-33-39(21-28)63-25-34-32-16-14-29(22-40(32)64-43(41(33)34)30-10-7-11-31(20-30)60-4)36-24-49-44(53-36)37-12-8-18-55(37)46(57)27(3)51-48(59)61-5/h7,10-11,14-17,20-24,26-27,37-38,42-43,54H,8-9,12-13,18-19,25H2,1-6H3,(H,49,53)(H,50,52)(H,51,59)/t27-,37-,38-,42-,43?/m0/s1. The second-order valence-electron chi connectivity index (χ2n) is 17.0. The molecule has 1 unspecified atom stereocenters. The lowest BCUT2D eigenvalue weighted by Crippen LogP contribution is -2.48. The van der Waals surface area contributed by atoms with Crippen LogP contribution in [0.1, 0.15) is 93.0 Å². The Hall–Kier alpha value is -6.65. The summed E-state index contributed by atoms with van der Waals surface area (Å²) in [6.45, 7) is 7.20. The summed E-state index contributed by atoms with van der Waals surface area (Å²) in [4.78, 5) is 64.2. The van der Waals surface area contributed by atoms with Crippen LogP contribution in [0.15, 0.2) is 73.1 Å². The number of benzene rings is 3. The molecule has 5 atom stereocenters. The number of nitrogens with one attached hydrogen (secondary N) is 4. The molecule has 4 aliphatic heterocycles. The minimum Gasteiger partial charge on any atom is -0.497 e. The van der Waals surface area contributed by atoms with Gasteiger partial charge in [-0.1, -0.05) is 50.2 Å². The Balaban J connectivity index is 1.01. The minimum atomic E-state index is -0.741. The van der Waals surface area contributed by atoms with Gasteiger partial charge in [0.05, 0.1) is 57.2 Å². The fraction of sp³-hybridized carbons (Fsp3) is 0.396. The Labute approximate surface area is 371 Å². The largest absolute Gasteiger partial charge is 0.497 e. The molecule has 0 aliphatic carbocycles. The Morgan fingerprint density at radius 3 is 2.06 bits per heavy atom. The van der Waals surface area contributed by atoms with E-state index in [4.69, 9.17) is 33.8 Å². The third-order valence-corrected chi connectivity index (χ3v) is 12.8. The molecule has 2 aromatic heterocycles. The van der Waals surface area contributed by atoms with Gasteiger partial charge >= 0.3 is 6.09 Å². The third kappa shape index (κ3) is 7.96. The van der Waals surface area contributed by atoms with E-state index in [9.17, 15) is 14.4 Å². The van der Waals surface area contributed by atoms with Crippen LogP contribution in [0, 0.1) is 5.92 Å². The van der Waals surface area contributed by atoms with Crippen molar-refractivity contribution in [3.63, 3.8) is 0 Å². The van der Waals surface area contributed by atoms with Gasteiger partial charge in [0.15, 0.2) is 6.10 Å². The summed E-state index contributed by atoms with van der Waals surface area (Å²) in [5.74, 6) is 3.44. The number of carbonyl (C=O) groups is 3. The van der Waals surface area contributed by atoms with Crippen LogP contribution < -0.4 is 25.0 Å². The molecule has 64 heavy (non-hydrogen) atoms. The Kier molecular flexibility index (Phi) is 11.9. The maximum Gasteiger partial charge on any atom is 0.407 e. The number of imidazole rings is 2. The van der Waals surface area contributed by atoms with Crippen molar-refractivity contribution in [2.45, 2.75) is 76.7 Å². The Morgan fingerprint density at radius 2 is 1.44 bits per heavy atom. The number of alkyl carbamates (subject to hydrolysis) is 1. The molecular weight excluding hydrogens is 817 g/mol. The first-order valence-electron chi connectivity index (χ1n) is 21.9. The van der Waals surface area contributed by atoms with Crippen molar-refractivity contribution in [2.24, 2.45) is 5.92 Å². The second kappa shape index (κ2) is 17.8. The van der Waals surface area contributed by atoms with E-state index in [-0.39, 0.29) is 29.8 Å². The highest BCUT2D eigenvalue weighted by Crippen LogP contribution is 2.52. The van der Waals surface area contributed by atoms with E-state index < -0.39 is 24.3 Å². The molecular formula is C48H54N8O8. The van der Waals surface area contributed by atoms with Crippen molar-refractivity contribution in [1.29, 1.82) is 0 Å². The molecule has 16 heteroatoms. The number of likely N-dealkylation sites (tertiary alicyclic amines) is 2. The highest BCUT2D eigenvalue weighted by Gasteiger charge is 2.39. The number of H-pyrrole nitrogens is 2. The highest BCUT2D eigenvalue weighted by molar-refractivity contribution is 6.00. The molecule has 3 amide bonds. The number of methoxy groups -OCH3 is 2. The number of amides is 3. The summed E-state index contributed by atoms with van der Waals surface area (Å²) in [7, 11) is 4.46. The zero-order chi connectivity index (χ0) is 44.6. The molecule has 0 radical (unpaired) electrons. The van der Waals surface area contributed by atoms with Crippen molar-refractivity contribution in [1.82, 2.24) is 40.5 Å². The number of hydrogen-bond donors (Lipinski definition) is 4. The van der Waals surface area contributed by atoms with Gasteiger partial charge in [-0.25, -0.2) is 14.8 Å². The molecule has 334 valence electrons. The molecule has 0 spiro atoms. The molecule has 3 aromatic carbocycles. The quantitative estimate of drug-likeness (QED) is 0.0933. The maximum atomic E-state index is 13.6. The van der Waals surface area contributed by atoms with E-state index in [1.165, 1.54) is 14.2 Å².